The number of hydrogen-bond acceptors (Lipinski definition) is 3. The molecule has 6 heteroatoms. The third kappa shape index (κ3) is 4.41. The van der Waals surface area contributed by atoms with Crippen LogP contribution in [-0.4, -0.2) is 39.2 Å². The molecule has 1 unspecified atom stereocenters. The second-order valence-corrected chi connectivity index (χ2v) is 11.1. The summed E-state index contributed by atoms with van der Waals surface area (Å²) < 4.78 is 15.3. The van der Waals surface area contributed by atoms with Gasteiger partial charge in [0.15, 0.2) is 0 Å². The van der Waals surface area contributed by atoms with Crippen LogP contribution in [0, 0.1) is 17.2 Å². The van der Waals surface area contributed by atoms with Crippen LogP contribution in [0.3, 0.4) is 0 Å². The van der Waals surface area contributed by atoms with E-state index in [9.17, 15) is 19.1 Å². The van der Waals surface area contributed by atoms with Crippen LogP contribution in [0.4, 0.5) is 4.39 Å². The van der Waals surface area contributed by atoms with Gasteiger partial charge in [0, 0.05) is 31.1 Å². The Morgan fingerprint density at radius 3 is 2.59 bits per heavy atom. The number of amides is 1. The first kappa shape index (κ1) is 23.5. The van der Waals surface area contributed by atoms with Crippen LogP contribution >= 0.6 is 0 Å². The van der Waals surface area contributed by atoms with E-state index in [-0.39, 0.29) is 23.4 Å². The predicted molar refractivity (Wildman–Crippen MR) is 131 cm³/mol. The van der Waals surface area contributed by atoms with E-state index in [2.05, 4.69) is 0 Å². The maximum atomic E-state index is 13.8. The van der Waals surface area contributed by atoms with Crippen molar-refractivity contribution in [3.8, 4) is 0 Å². The minimum Gasteiger partial charge on any atom is -0.387 e. The van der Waals surface area contributed by atoms with Crippen molar-refractivity contribution in [3.63, 3.8) is 0 Å². The summed E-state index contributed by atoms with van der Waals surface area (Å²) in [5.74, 6) is 0.468. The van der Waals surface area contributed by atoms with Gasteiger partial charge in [0.1, 0.15) is 5.82 Å². The van der Waals surface area contributed by atoms with Gasteiger partial charge in [-0.3, -0.25) is 9.59 Å². The number of carbonyl (C=O) groups excluding carboxylic acids is 1. The van der Waals surface area contributed by atoms with Gasteiger partial charge in [0.2, 0.25) is 5.91 Å². The Balaban J connectivity index is 1.33. The normalized spacial score (nSPS) is 25.3. The fraction of sp³-hybridized carbons (Fsp3) is 0.643. The van der Waals surface area contributed by atoms with Crippen LogP contribution in [0.25, 0.3) is 10.8 Å². The van der Waals surface area contributed by atoms with Crippen molar-refractivity contribution < 1.29 is 14.3 Å². The van der Waals surface area contributed by atoms with Crippen LogP contribution in [-0.2, 0) is 11.3 Å². The smallest absolute Gasteiger partial charge is 0.258 e. The van der Waals surface area contributed by atoms with Crippen molar-refractivity contribution in [1.82, 2.24) is 9.47 Å². The molecule has 1 spiro atoms. The van der Waals surface area contributed by atoms with E-state index in [1.54, 1.807) is 16.8 Å². The summed E-state index contributed by atoms with van der Waals surface area (Å²) >= 11 is 0. The van der Waals surface area contributed by atoms with Gasteiger partial charge >= 0.3 is 0 Å². The predicted octanol–water partition coefficient (Wildman–Crippen LogP) is 5.02. The number of halogens is 1. The molecule has 34 heavy (non-hydrogen) atoms. The van der Waals surface area contributed by atoms with E-state index in [0.717, 1.165) is 32.1 Å². The molecule has 1 atom stereocenters. The number of benzene rings is 1. The topological polar surface area (TPSA) is 62.5 Å². The van der Waals surface area contributed by atoms with Gasteiger partial charge in [-0.15, -0.1) is 0 Å². The largest absolute Gasteiger partial charge is 0.387 e. The summed E-state index contributed by atoms with van der Waals surface area (Å²) in [5, 5.41) is 13.0. The summed E-state index contributed by atoms with van der Waals surface area (Å²) in [6.45, 7) is 1.28. The maximum absolute atomic E-state index is 13.8. The summed E-state index contributed by atoms with van der Waals surface area (Å²) in [7, 11) is 0. The monoisotopic (exact) mass is 468 g/mol. The number of aliphatic hydroxyl groups is 1. The molecule has 1 saturated heterocycles. The van der Waals surface area contributed by atoms with Crippen molar-refractivity contribution in [2.45, 2.75) is 89.2 Å². The standard InChI is InChI=1S/C28H37FN2O3/c29-23-10-9-22-12-16-31(26(33)24(22)18-23)20-28(34)15-17-30(19-27(28)13-4-5-14-27)25(32)11-8-21-6-2-1-3-7-21/h9-10,12,16,18,21,34H,1-8,11,13-15,17,19-20H2. The fourth-order valence-corrected chi connectivity index (χ4v) is 6.93. The highest BCUT2D eigenvalue weighted by Crippen LogP contribution is 2.51. The molecule has 184 valence electrons. The average Bonchev–Trinajstić information content (AvgIpc) is 3.32. The van der Waals surface area contributed by atoms with E-state index in [1.807, 2.05) is 11.0 Å². The molecule has 2 aromatic rings. The number of pyridine rings is 1. The first-order valence-electron chi connectivity index (χ1n) is 13.2. The van der Waals surface area contributed by atoms with Crippen molar-refractivity contribution >= 4 is 16.7 Å². The molecular weight excluding hydrogens is 431 g/mol. The van der Waals surface area contributed by atoms with E-state index >= 15 is 0 Å². The van der Waals surface area contributed by atoms with Crippen LogP contribution in [0.5, 0.6) is 0 Å². The highest BCUT2D eigenvalue weighted by atomic mass is 19.1. The average molecular weight is 469 g/mol. The molecule has 1 N–H and O–H groups in total. The molecule has 5 nitrogen and oxygen atoms in total. The molecule has 1 aromatic heterocycles. The fourth-order valence-electron chi connectivity index (χ4n) is 6.93. The first-order chi connectivity index (χ1) is 16.4. The third-order valence-corrected chi connectivity index (χ3v) is 9.05. The summed E-state index contributed by atoms with van der Waals surface area (Å²) in [6.07, 6.45) is 14.0. The van der Waals surface area contributed by atoms with Crippen molar-refractivity contribution in [3.05, 3.63) is 46.6 Å². The van der Waals surface area contributed by atoms with Crippen molar-refractivity contribution in [1.29, 1.82) is 0 Å². The summed E-state index contributed by atoms with van der Waals surface area (Å²) in [4.78, 5) is 28.3. The molecule has 3 fully saturated rings. The van der Waals surface area contributed by atoms with Gasteiger partial charge in [0.25, 0.3) is 5.56 Å². The molecule has 3 aliphatic rings. The van der Waals surface area contributed by atoms with E-state index in [0.29, 0.717) is 42.6 Å². The number of rotatable bonds is 5. The lowest BCUT2D eigenvalue weighted by Crippen LogP contribution is -2.62. The summed E-state index contributed by atoms with van der Waals surface area (Å²) in [5.41, 5.74) is -1.72. The highest BCUT2D eigenvalue weighted by Gasteiger charge is 2.55. The molecule has 2 heterocycles. The van der Waals surface area contributed by atoms with Crippen LogP contribution < -0.4 is 5.56 Å². The van der Waals surface area contributed by atoms with Crippen LogP contribution in [0.1, 0.15) is 77.0 Å². The Morgan fingerprint density at radius 2 is 1.82 bits per heavy atom. The van der Waals surface area contributed by atoms with Gasteiger partial charge < -0.3 is 14.6 Å². The molecule has 0 bridgehead atoms. The Bertz CT molecular complexity index is 1100. The lowest BCUT2D eigenvalue weighted by Gasteiger charge is -2.52. The van der Waals surface area contributed by atoms with E-state index in [1.165, 1.54) is 44.2 Å². The number of fused-ring (bicyclic) bond motifs is 1. The molecule has 5 rings (SSSR count). The summed E-state index contributed by atoms with van der Waals surface area (Å²) in [6, 6.07) is 6.05. The van der Waals surface area contributed by atoms with Crippen LogP contribution in [0.2, 0.25) is 0 Å². The van der Waals surface area contributed by atoms with Crippen LogP contribution in [0.15, 0.2) is 35.3 Å². The SMILES string of the molecule is O=C(CCC1CCCCC1)N1CCC(O)(Cn2ccc3ccc(F)cc3c2=O)C2(CCCC2)C1. The second kappa shape index (κ2) is 9.44. The quantitative estimate of drug-likeness (QED) is 0.670. The van der Waals surface area contributed by atoms with E-state index in [4.69, 9.17) is 0 Å². The van der Waals surface area contributed by atoms with E-state index < -0.39 is 11.4 Å². The molecule has 2 aliphatic carbocycles. The Labute approximate surface area is 201 Å². The van der Waals surface area contributed by atoms with Gasteiger partial charge in [-0.05, 0) is 55.2 Å². The number of likely N-dealkylation sites (tertiary alicyclic amines) is 1. The van der Waals surface area contributed by atoms with Gasteiger partial charge in [0.05, 0.1) is 17.5 Å². The highest BCUT2D eigenvalue weighted by molar-refractivity contribution is 5.81. The second-order valence-electron chi connectivity index (χ2n) is 11.1. The molecule has 1 aliphatic heterocycles. The van der Waals surface area contributed by atoms with Crippen molar-refractivity contribution in [2.24, 2.45) is 11.3 Å². The van der Waals surface area contributed by atoms with Crippen molar-refractivity contribution in [2.75, 3.05) is 13.1 Å². The minimum absolute atomic E-state index is 0.183. The Hall–Kier alpha value is -2.21. The van der Waals surface area contributed by atoms with Gasteiger partial charge in [-0.25, -0.2) is 4.39 Å². The van der Waals surface area contributed by atoms with Gasteiger partial charge in [-0.2, -0.15) is 0 Å². The zero-order chi connectivity index (χ0) is 23.8. The lowest BCUT2D eigenvalue weighted by molar-refractivity contribution is -0.160. The minimum atomic E-state index is -1.06. The Kier molecular flexibility index (Phi) is 6.54. The molecule has 0 radical (unpaired) electrons. The Morgan fingerprint density at radius 1 is 1.06 bits per heavy atom. The zero-order valence-corrected chi connectivity index (χ0v) is 20.1. The molecule has 1 amide bonds. The molecule has 1 aromatic carbocycles. The number of hydrogen-bond donors (Lipinski definition) is 1. The third-order valence-electron chi connectivity index (χ3n) is 9.05. The molecule has 2 saturated carbocycles. The lowest BCUT2D eigenvalue weighted by atomic mass is 9.65. The number of nitrogens with zero attached hydrogens (tertiary/aromatic N) is 2. The zero-order valence-electron chi connectivity index (χ0n) is 20.1. The van der Waals surface area contributed by atoms with Gasteiger partial charge in [-0.1, -0.05) is 51.0 Å². The maximum Gasteiger partial charge on any atom is 0.258 e. The molecular formula is C28H37FN2O3. The number of aromatic nitrogens is 1. The number of piperidine rings is 1. The number of carbonyl (C=O) groups is 1. The first-order valence-corrected chi connectivity index (χ1v) is 13.2.